The second-order valence-corrected chi connectivity index (χ2v) is 7.21. The number of rotatable bonds is 1. The number of benzene rings is 2. The van der Waals surface area contributed by atoms with Crippen LogP contribution in [0.5, 0.6) is 0 Å². The van der Waals surface area contributed by atoms with Gasteiger partial charge in [-0.25, -0.2) is 4.79 Å². The highest BCUT2D eigenvalue weighted by Crippen LogP contribution is 2.32. The number of fused-ring (bicyclic) bond motifs is 1. The van der Waals surface area contributed by atoms with Gasteiger partial charge in [0.2, 0.25) is 0 Å². The normalized spacial score (nSPS) is 16.2. The number of likely N-dealkylation sites (tertiary alicyclic amines) is 1. The van der Waals surface area contributed by atoms with Crippen molar-refractivity contribution < 1.29 is 23.1 Å². The third-order valence-electron chi connectivity index (χ3n) is 5.41. The number of nitrogens with zero attached hydrogens (tertiary/aromatic N) is 2. The highest BCUT2D eigenvalue weighted by Gasteiger charge is 2.30. The SMILES string of the molecule is CO.O=C(N1CCCC1)N1CCc2ccc(-c3ccc(C(F)(F)F)cc3)cc2C1. The molecule has 156 valence electrons. The molecule has 0 spiro atoms. The van der Waals surface area contributed by atoms with Gasteiger partial charge in [-0.15, -0.1) is 0 Å². The number of hydrogen-bond acceptors (Lipinski definition) is 2. The van der Waals surface area contributed by atoms with Gasteiger partial charge in [0.05, 0.1) is 5.56 Å². The van der Waals surface area contributed by atoms with Crippen molar-refractivity contribution in [1.29, 1.82) is 0 Å². The van der Waals surface area contributed by atoms with Crippen molar-refractivity contribution in [2.45, 2.75) is 32.0 Å². The van der Waals surface area contributed by atoms with Crippen LogP contribution < -0.4 is 0 Å². The predicted octanol–water partition coefficient (Wildman–Crippen LogP) is 4.55. The Balaban J connectivity index is 0.00000117. The summed E-state index contributed by atoms with van der Waals surface area (Å²) in [5.41, 5.74) is 3.25. The van der Waals surface area contributed by atoms with Gasteiger partial charge in [0.25, 0.3) is 0 Å². The van der Waals surface area contributed by atoms with Crippen molar-refractivity contribution >= 4 is 6.03 Å². The van der Waals surface area contributed by atoms with Gasteiger partial charge in [0.1, 0.15) is 0 Å². The highest BCUT2D eigenvalue weighted by molar-refractivity contribution is 5.75. The predicted molar refractivity (Wildman–Crippen MR) is 105 cm³/mol. The van der Waals surface area contributed by atoms with E-state index in [0.717, 1.165) is 68.3 Å². The monoisotopic (exact) mass is 406 g/mol. The molecule has 0 bridgehead atoms. The van der Waals surface area contributed by atoms with E-state index < -0.39 is 11.7 Å². The lowest BCUT2D eigenvalue weighted by atomic mass is 9.94. The lowest BCUT2D eigenvalue weighted by molar-refractivity contribution is -0.137. The van der Waals surface area contributed by atoms with Crippen LogP contribution in [0.2, 0.25) is 0 Å². The van der Waals surface area contributed by atoms with Crippen molar-refractivity contribution in [2.75, 3.05) is 26.7 Å². The minimum Gasteiger partial charge on any atom is -0.400 e. The molecule has 0 radical (unpaired) electrons. The maximum atomic E-state index is 12.8. The van der Waals surface area contributed by atoms with Gasteiger partial charge in [-0.05, 0) is 59.7 Å². The molecule has 1 N–H and O–H groups in total. The summed E-state index contributed by atoms with van der Waals surface area (Å²) in [7, 11) is 1.00. The lowest BCUT2D eigenvalue weighted by Crippen LogP contribution is -2.44. The maximum absolute atomic E-state index is 12.8. The van der Waals surface area contributed by atoms with E-state index in [1.54, 1.807) is 0 Å². The molecule has 0 aromatic heterocycles. The quantitative estimate of drug-likeness (QED) is 0.755. The average Bonchev–Trinajstić information content (AvgIpc) is 3.28. The first kappa shape index (κ1) is 21.2. The Bertz CT molecular complexity index is 844. The van der Waals surface area contributed by atoms with E-state index in [2.05, 4.69) is 0 Å². The Morgan fingerprint density at radius 3 is 2.10 bits per heavy atom. The molecule has 29 heavy (non-hydrogen) atoms. The number of urea groups is 1. The van der Waals surface area contributed by atoms with Crippen LogP contribution in [-0.4, -0.2) is 47.7 Å². The number of carbonyl (C=O) groups is 1. The van der Waals surface area contributed by atoms with Crippen LogP contribution in [0.15, 0.2) is 42.5 Å². The molecule has 7 heteroatoms. The van der Waals surface area contributed by atoms with Gasteiger partial charge in [-0.3, -0.25) is 0 Å². The van der Waals surface area contributed by atoms with Crippen molar-refractivity contribution in [3.05, 3.63) is 59.2 Å². The second-order valence-electron chi connectivity index (χ2n) is 7.21. The first-order valence-electron chi connectivity index (χ1n) is 9.70. The molecular weight excluding hydrogens is 381 g/mol. The second kappa shape index (κ2) is 8.86. The minimum absolute atomic E-state index is 0.0954. The minimum atomic E-state index is -4.33. The largest absolute Gasteiger partial charge is 0.416 e. The van der Waals surface area contributed by atoms with Gasteiger partial charge in [-0.2, -0.15) is 13.2 Å². The molecule has 2 aromatic carbocycles. The number of aliphatic hydroxyl groups excluding tert-OH is 1. The molecule has 2 heterocycles. The molecule has 0 aliphatic carbocycles. The Hall–Kier alpha value is -2.54. The summed E-state index contributed by atoms with van der Waals surface area (Å²) < 4.78 is 38.3. The van der Waals surface area contributed by atoms with Crippen molar-refractivity contribution in [1.82, 2.24) is 9.80 Å². The molecule has 0 unspecified atom stereocenters. The van der Waals surface area contributed by atoms with Gasteiger partial charge >= 0.3 is 12.2 Å². The van der Waals surface area contributed by atoms with E-state index in [0.29, 0.717) is 13.1 Å². The van der Waals surface area contributed by atoms with Crippen LogP contribution in [0, 0.1) is 0 Å². The molecular formula is C22H25F3N2O2. The summed E-state index contributed by atoms with van der Waals surface area (Å²) >= 11 is 0. The first-order chi connectivity index (χ1) is 13.9. The van der Waals surface area contributed by atoms with Crippen LogP contribution in [-0.2, 0) is 19.1 Å². The third-order valence-corrected chi connectivity index (χ3v) is 5.41. The number of carbonyl (C=O) groups excluding carboxylic acids is 1. The van der Waals surface area contributed by atoms with E-state index in [4.69, 9.17) is 5.11 Å². The van der Waals surface area contributed by atoms with Gasteiger partial charge < -0.3 is 14.9 Å². The zero-order valence-corrected chi connectivity index (χ0v) is 16.4. The van der Waals surface area contributed by atoms with Gasteiger partial charge in [0.15, 0.2) is 0 Å². The summed E-state index contributed by atoms with van der Waals surface area (Å²) in [5.74, 6) is 0. The maximum Gasteiger partial charge on any atom is 0.416 e. The Kier molecular flexibility index (Phi) is 6.47. The standard InChI is InChI=1S/C21H21F3N2O.CH4O/c22-21(23,24)19-7-5-15(6-8-19)17-4-3-16-9-12-26(14-18(16)13-17)20(27)25-10-1-2-11-25;1-2/h3-8,13H,1-2,9-12,14H2;2H,1H3. The van der Waals surface area contributed by atoms with Crippen LogP contribution >= 0.6 is 0 Å². The number of halogens is 3. The van der Waals surface area contributed by atoms with Crippen LogP contribution in [0.25, 0.3) is 11.1 Å². The Labute approximate surface area is 168 Å². The molecule has 4 rings (SSSR count). The van der Waals surface area contributed by atoms with E-state index in [1.807, 2.05) is 28.0 Å². The number of aliphatic hydroxyl groups is 1. The van der Waals surface area contributed by atoms with E-state index in [1.165, 1.54) is 17.7 Å². The molecule has 2 aromatic rings. The van der Waals surface area contributed by atoms with Crippen molar-refractivity contribution in [3.63, 3.8) is 0 Å². The number of alkyl halides is 3. The van der Waals surface area contributed by atoms with Gasteiger partial charge in [0, 0.05) is 33.3 Å². The summed E-state index contributed by atoms with van der Waals surface area (Å²) in [4.78, 5) is 16.4. The zero-order chi connectivity index (χ0) is 21.0. The summed E-state index contributed by atoms with van der Waals surface area (Å²) in [6, 6.07) is 11.3. The van der Waals surface area contributed by atoms with Crippen LogP contribution in [0.4, 0.5) is 18.0 Å². The Morgan fingerprint density at radius 2 is 1.48 bits per heavy atom. The van der Waals surface area contributed by atoms with E-state index >= 15 is 0 Å². The summed E-state index contributed by atoms with van der Waals surface area (Å²) in [6.45, 7) is 2.92. The Morgan fingerprint density at radius 1 is 0.862 bits per heavy atom. The highest BCUT2D eigenvalue weighted by atomic mass is 19.4. The topological polar surface area (TPSA) is 43.8 Å². The fourth-order valence-electron chi connectivity index (χ4n) is 3.86. The van der Waals surface area contributed by atoms with Crippen molar-refractivity contribution in [2.24, 2.45) is 0 Å². The van der Waals surface area contributed by atoms with Crippen LogP contribution in [0.3, 0.4) is 0 Å². The third kappa shape index (κ3) is 4.72. The fraction of sp³-hybridized carbons (Fsp3) is 0.409. The number of hydrogen-bond donors (Lipinski definition) is 1. The lowest BCUT2D eigenvalue weighted by Gasteiger charge is -2.32. The van der Waals surface area contributed by atoms with Gasteiger partial charge in [-0.1, -0.05) is 24.3 Å². The molecule has 1 fully saturated rings. The molecule has 1 saturated heterocycles. The molecule has 0 atom stereocenters. The average molecular weight is 406 g/mol. The summed E-state index contributed by atoms with van der Waals surface area (Å²) in [5, 5.41) is 7.00. The number of amides is 2. The fourth-order valence-corrected chi connectivity index (χ4v) is 3.86. The molecule has 0 saturated carbocycles. The molecule has 2 aliphatic heterocycles. The van der Waals surface area contributed by atoms with Crippen LogP contribution in [0.1, 0.15) is 29.5 Å². The van der Waals surface area contributed by atoms with Crippen molar-refractivity contribution in [3.8, 4) is 11.1 Å². The molecule has 2 aliphatic rings. The zero-order valence-electron chi connectivity index (χ0n) is 16.4. The molecule has 4 nitrogen and oxygen atoms in total. The van der Waals surface area contributed by atoms with E-state index in [-0.39, 0.29) is 6.03 Å². The summed E-state index contributed by atoms with van der Waals surface area (Å²) in [6.07, 6.45) is -1.39. The first-order valence-corrected chi connectivity index (χ1v) is 9.70. The van der Waals surface area contributed by atoms with E-state index in [9.17, 15) is 18.0 Å². The molecule has 2 amide bonds. The smallest absolute Gasteiger partial charge is 0.400 e.